The second kappa shape index (κ2) is 7.49. The number of aromatic carboxylic acids is 1. The first-order valence-corrected chi connectivity index (χ1v) is 6.43. The normalized spacial score (nSPS) is 10.4. The molecule has 0 saturated heterocycles. The number of carboxylic acids is 1. The van der Waals surface area contributed by atoms with Gasteiger partial charge in [-0.05, 0) is 57.7 Å². The van der Waals surface area contributed by atoms with Crippen LogP contribution in [0.1, 0.15) is 22.3 Å². The zero-order chi connectivity index (χ0) is 15.1. The molecule has 110 valence electrons. The Bertz CT molecular complexity index is 487. The highest BCUT2D eigenvalue weighted by atomic mass is 16.4. The molecule has 0 radical (unpaired) electrons. The summed E-state index contributed by atoms with van der Waals surface area (Å²) in [6.07, 6.45) is 0.872. The smallest absolute Gasteiger partial charge is 0.335 e. The molecule has 0 bridgehead atoms. The van der Waals surface area contributed by atoms with E-state index in [2.05, 4.69) is 10.6 Å². The van der Waals surface area contributed by atoms with Crippen molar-refractivity contribution in [1.82, 2.24) is 10.2 Å². The molecule has 0 saturated carbocycles. The maximum absolute atomic E-state index is 11.6. The van der Waals surface area contributed by atoms with E-state index in [-0.39, 0.29) is 11.6 Å². The van der Waals surface area contributed by atoms with Gasteiger partial charge in [-0.15, -0.1) is 0 Å². The number of carbonyl (C=O) groups excluding carboxylic acids is 1. The topological polar surface area (TPSA) is 81.7 Å². The van der Waals surface area contributed by atoms with Crippen LogP contribution in [0, 0.1) is 6.92 Å². The standard InChI is InChI=1S/C14H21N3O3/c1-10-9-11(5-6-12(10)13(18)19)16-14(20)15-7-4-8-17(2)3/h5-6,9H,4,7-8H2,1-3H3,(H,18,19)(H2,15,16,20). The Morgan fingerprint density at radius 2 is 2.00 bits per heavy atom. The predicted molar refractivity (Wildman–Crippen MR) is 78.3 cm³/mol. The predicted octanol–water partition coefficient (Wildman–Crippen LogP) is 1.77. The van der Waals surface area contributed by atoms with Crippen LogP contribution in [0.25, 0.3) is 0 Å². The van der Waals surface area contributed by atoms with Gasteiger partial charge >= 0.3 is 12.0 Å². The number of rotatable bonds is 6. The van der Waals surface area contributed by atoms with Crippen LogP contribution in [0.3, 0.4) is 0 Å². The molecule has 0 aromatic heterocycles. The number of urea groups is 1. The van der Waals surface area contributed by atoms with Gasteiger partial charge in [-0.25, -0.2) is 9.59 Å². The SMILES string of the molecule is Cc1cc(NC(=O)NCCCN(C)C)ccc1C(=O)O. The van der Waals surface area contributed by atoms with E-state index in [1.165, 1.54) is 6.07 Å². The molecule has 0 heterocycles. The number of hydrogen-bond acceptors (Lipinski definition) is 3. The highest BCUT2D eigenvalue weighted by molar-refractivity contribution is 5.92. The Kier molecular flexibility index (Phi) is 5.99. The van der Waals surface area contributed by atoms with Gasteiger partial charge in [-0.1, -0.05) is 0 Å². The molecule has 1 aromatic carbocycles. The first-order chi connectivity index (χ1) is 9.40. The summed E-state index contributed by atoms with van der Waals surface area (Å²) >= 11 is 0. The van der Waals surface area contributed by atoms with E-state index in [9.17, 15) is 9.59 Å². The molecular weight excluding hydrogens is 258 g/mol. The van der Waals surface area contributed by atoms with Crippen LogP contribution in [0.5, 0.6) is 0 Å². The Morgan fingerprint density at radius 1 is 1.30 bits per heavy atom. The highest BCUT2D eigenvalue weighted by Crippen LogP contribution is 2.15. The van der Waals surface area contributed by atoms with Crippen molar-refractivity contribution in [2.75, 3.05) is 32.5 Å². The van der Waals surface area contributed by atoms with Gasteiger partial charge in [0, 0.05) is 12.2 Å². The largest absolute Gasteiger partial charge is 0.478 e. The fourth-order valence-electron chi connectivity index (χ4n) is 1.75. The average molecular weight is 279 g/mol. The molecule has 3 N–H and O–H groups in total. The van der Waals surface area contributed by atoms with Gasteiger partial charge in [0.25, 0.3) is 0 Å². The Hall–Kier alpha value is -2.08. The Morgan fingerprint density at radius 3 is 2.55 bits per heavy atom. The number of amides is 2. The van der Waals surface area contributed by atoms with Gasteiger partial charge in [0.05, 0.1) is 5.56 Å². The minimum Gasteiger partial charge on any atom is -0.478 e. The molecule has 0 fully saturated rings. The molecule has 0 aliphatic heterocycles. The van der Waals surface area contributed by atoms with E-state index in [4.69, 9.17) is 5.11 Å². The van der Waals surface area contributed by atoms with Crippen LogP contribution in [-0.2, 0) is 0 Å². The average Bonchev–Trinajstić information content (AvgIpc) is 2.34. The van der Waals surface area contributed by atoms with Crippen LogP contribution in [0.4, 0.5) is 10.5 Å². The van der Waals surface area contributed by atoms with E-state index in [1.54, 1.807) is 19.1 Å². The number of hydrogen-bond donors (Lipinski definition) is 3. The van der Waals surface area contributed by atoms with E-state index < -0.39 is 5.97 Å². The maximum atomic E-state index is 11.6. The second-order valence-electron chi connectivity index (χ2n) is 4.87. The maximum Gasteiger partial charge on any atom is 0.335 e. The monoisotopic (exact) mass is 279 g/mol. The van der Waals surface area contributed by atoms with Crippen molar-refractivity contribution in [3.05, 3.63) is 29.3 Å². The first-order valence-electron chi connectivity index (χ1n) is 6.43. The van der Waals surface area contributed by atoms with Crippen molar-refractivity contribution in [2.24, 2.45) is 0 Å². The lowest BCUT2D eigenvalue weighted by molar-refractivity contribution is 0.0696. The van der Waals surface area contributed by atoms with Crippen molar-refractivity contribution in [3.8, 4) is 0 Å². The second-order valence-corrected chi connectivity index (χ2v) is 4.87. The summed E-state index contributed by atoms with van der Waals surface area (Å²) in [6.45, 7) is 3.20. The van der Waals surface area contributed by atoms with Crippen LogP contribution < -0.4 is 10.6 Å². The van der Waals surface area contributed by atoms with Crippen LogP contribution in [0.2, 0.25) is 0 Å². The molecule has 2 amide bonds. The number of nitrogens with zero attached hydrogens (tertiary/aromatic N) is 1. The van der Waals surface area contributed by atoms with Crippen LogP contribution in [0.15, 0.2) is 18.2 Å². The Labute approximate surface area is 118 Å². The number of carboxylic acid groups (broad SMARTS) is 1. The van der Waals surface area contributed by atoms with Gasteiger partial charge in [-0.3, -0.25) is 0 Å². The third kappa shape index (κ3) is 5.27. The zero-order valence-corrected chi connectivity index (χ0v) is 12.1. The lowest BCUT2D eigenvalue weighted by Gasteiger charge is -2.11. The summed E-state index contributed by atoms with van der Waals surface area (Å²) in [7, 11) is 3.96. The molecule has 1 aromatic rings. The summed E-state index contributed by atoms with van der Waals surface area (Å²) in [5.74, 6) is -0.970. The molecule has 0 aliphatic rings. The molecule has 6 nitrogen and oxygen atoms in total. The van der Waals surface area contributed by atoms with E-state index in [0.29, 0.717) is 17.8 Å². The molecule has 0 unspecified atom stereocenters. The van der Waals surface area contributed by atoms with Crippen molar-refractivity contribution in [2.45, 2.75) is 13.3 Å². The summed E-state index contributed by atoms with van der Waals surface area (Å²) in [4.78, 5) is 24.6. The number of carbonyl (C=O) groups is 2. The van der Waals surface area contributed by atoms with Gasteiger partial charge < -0.3 is 20.6 Å². The summed E-state index contributed by atoms with van der Waals surface area (Å²) in [6, 6.07) is 4.42. The van der Waals surface area contributed by atoms with Crippen LogP contribution >= 0.6 is 0 Å². The highest BCUT2D eigenvalue weighted by Gasteiger charge is 2.08. The third-order valence-corrected chi connectivity index (χ3v) is 2.78. The summed E-state index contributed by atoms with van der Waals surface area (Å²) < 4.78 is 0. The molecule has 6 heteroatoms. The Balaban J connectivity index is 2.46. The molecule has 20 heavy (non-hydrogen) atoms. The van der Waals surface area contributed by atoms with Crippen molar-refractivity contribution < 1.29 is 14.7 Å². The molecule has 0 atom stereocenters. The van der Waals surface area contributed by atoms with Gasteiger partial charge in [-0.2, -0.15) is 0 Å². The lowest BCUT2D eigenvalue weighted by atomic mass is 10.1. The number of benzene rings is 1. The minimum absolute atomic E-state index is 0.238. The van der Waals surface area contributed by atoms with Crippen molar-refractivity contribution >= 4 is 17.7 Å². The summed E-state index contributed by atoms with van der Waals surface area (Å²) in [5.41, 5.74) is 1.43. The molecule has 0 aliphatic carbocycles. The van der Waals surface area contributed by atoms with Crippen molar-refractivity contribution in [3.63, 3.8) is 0 Å². The van der Waals surface area contributed by atoms with E-state index >= 15 is 0 Å². The quantitative estimate of drug-likeness (QED) is 0.693. The van der Waals surface area contributed by atoms with E-state index in [0.717, 1.165) is 13.0 Å². The molecule has 0 spiro atoms. The molecule has 1 rings (SSSR count). The number of nitrogens with one attached hydrogen (secondary N) is 2. The minimum atomic E-state index is -0.970. The van der Waals surface area contributed by atoms with Gasteiger partial charge in [0.2, 0.25) is 0 Å². The number of aryl methyl sites for hydroxylation is 1. The van der Waals surface area contributed by atoms with Gasteiger partial charge in [0.15, 0.2) is 0 Å². The third-order valence-electron chi connectivity index (χ3n) is 2.78. The first kappa shape index (κ1) is 16.0. The van der Waals surface area contributed by atoms with Crippen molar-refractivity contribution in [1.29, 1.82) is 0 Å². The zero-order valence-electron chi connectivity index (χ0n) is 12.1. The van der Waals surface area contributed by atoms with E-state index in [1.807, 2.05) is 19.0 Å². The lowest BCUT2D eigenvalue weighted by Crippen LogP contribution is -2.31. The van der Waals surface area contributed by atoms with Crippen LogP contribution in [-0.4, -0.2) is 49.2 Å². The summed E-state index contributed by atoms with van der Waals surface area (Å²) in [5, 5.41) is 14.4. The van der Waals surface area contributed by atoms with Gasteiger partial charge in [0.1, 0.15) is 0 Å². The fourth-order valence-corrected chi connectivity index (χ4v) is 1.75. The molecular formula is C14H21N3O3. The fraction of sp³-hybridized carbons (Fsp3) is 0.429. The number of anilines is 1.